The van der Waals surface area contributed by atoms with Gasteiger partial charge in [-0.15, -0.1) is 0 Å². The second kappa shape index (κ2) is 7.32. The van der Waals surface area contributed by atoms with E-state index in [0.717, 1.165) is 32.5 Å². The summed E-state index contributed by atoms with van der Waals surface area (Å²) >= 11 is 0. The van der Waals surface area contributed by atoms with Gasteiger partial charge in [-0.1, -0.05) is 0 Å². The Bertz CT molecular complexity index is 607. The standard InChI is InChI=1S/C16H22N6O/c1-13(22-12-18-11-19-22)16(23)20-15-4-8-21(9-5-15)10-14-2-6-17-7-3-14/h2-3,6-7,11-13,15H,4-5,8-10H2,1H3,(H,20,23)/t13-/m0/s1. The second-order valence-electron chi connectivity index (χ2n) is 5.97. The molecular weight excluding hydrogens is 292 g/mol. The molecule has 0 radical (unpaired) electrons. The molecular formula is C16H22N6O. The zero-order valence-electron chi connectivity index (χ0n) is 13.3. The smallest absolute Gasteiger partial charge is 0.244 e. The van der Waals surface area contributed by atoms with E-state index in [0.29, 0.717) is 0 Å². The summed E-state index contributed by atoms with van der Waals surface area (Å²) in [4.78, 5) is 22.6. The fourth-order valence-corrected chi connectivity index (χ4v) is 2.84. The molecule has 1 aliphatic heterocycles. The number of pyridine rings is 1. The molecule has 2 aromatic heterocycles. The van der Waals surface area contributed by atoms with Crippen molar-refractivity contribution in [3.63, 3.8) is 0 Å². The molecule has 1 saturated heterocycles. The van der Waals surface area contributed by atoms with Crippen molar-refractivity contribution >= 4 is 5.91 Å². The maximum absolute atomic E-state index is 12.3. The van der Waals surface area contributed by atoms with E-state index in [4.69, 9.17) is 0 Å². The number of carbonyl (C=O) groups excluding carboxylic acids is 1. The molecule has 7 heteroatoms. The molecule has 2 aromatic rings. The van der Waals surface area contributed by atoms with Crippen molar-refractivity contribution in [2.45, 2.75) is 38.4 Å². The number of amides is 1. The Morgan fingerprint density at radius 2 is 2.04 bits per heavy atom. The summed E-state index contributed by atoms with van der Waals surface area (Å²) < 4.78 is 1.58. The molecule has 0 unspecified atom stereocenters. The van der Waals surface area contributed by atoms with Crippen molar-refractivity contribution in [2.75, 3.05) is 13.1 Å². The molecule has 7 nitrogen and oxygen atoms in total. The highest BCUT2D eigenvalue weighted by molar-refractivity contribution is 5.80. The zero-order chi connectivity index (χ0) is 16.1. The number of carbonyl (C=O) groups is 1. The first-order chi connectivity index (χ1) is 11.2. The minimum Gasteiger partial charge on any atom is -0.351 e. The maximum Gasteiger partial charge on any atom is 0.244 e. The van der Waals surface area contributed by atoms with Crippen LogP contribution in [0.3, 0.4) is 0 Å². The van der Waals surface area contributed by atoms with E-state index < -0.39 is 0 Å². The van der Waals surface area contributed by atoms with Crippen LogP contribution in [0.5, 0.6) is 0 Å². The van der Waals surface area contributed by atoms with Crippen molar-refractivity contribution in [1.29, 1.82) is 0 Å². The SMILES string of the molecule is C[C@@H](C(=O)NC1CCN(Cc2ccncc2)CC1)n1cncn1. The molecule has 1 N–H and O–H groups in total. The number of nitrogens with zero attached hydrogens (tertiary/aromatic N) is 5. The van der Waals surface area contributed by atoms with Crippen LogP contribution in [0.1, 0.15) is 31.4 Å². The van der Waals surface area contributed by atoms with Crippen LogP contribution in [0.25, 0.3) is 0 Å². The summed E-state index contributed by atoms with van der Waals surface area (Å²) in [5.41, 5.74) is 1.28. The van der Waals surface area contributed by atoms with Crippen LogP contribution >= 0.6 is 0 Å². The van der Waals surface area contributed by atoms with E-state index in [1.54, 1.807) is 11.0 Å². The Labute approximate surface area is 135 Å². The fourth-order valence-electron chi connectivity index (χ4n) is 2.84. The lowest BCUT2D eigenvalue weighted by Crippen LogP contribution is -2.46. The molecule has 3 heterocycles. The first-order valence-corrected chi connectivity index (χ1v) is 7.98. The Morgan fingerprint density at radius 1 is 1.30 bits per heavy atom. The maximum atomic E-state index is 12.3. The summed E-state index contributed by atoms with van der Waals surface area (Å²) in [6.45, 7) is 4.76. The molecule has 0 bridgehead atoms. The number of hydrogen-bond acceptors (Lipinski definition) is 5. The van der Waals surface area contributed by atoms with Gasteiger partial charge in [-0.25, -0.2) is 9.67 Å². The Hall–Kier alpha value is -2.28. The predicted molar refractivity (Wildman–Crippen MR) is 85.4 cm³/mol. The highest BCUT2D eigenvalue weighted by atomic mass is 16.2. The van der Waals surface area contributed by atoms with Crippen molar-refractivity contribution in [3.05, 3.63) is 42.7 Å². The number of rotatable bonds is 5. The Kier molecular flexibility index (Phi) is 4.97. The second-order valence-corrected chi connectivity index (χ2v) is 5.97. The van der Waals surface area contributed by atoms with Crippen LogP contribution in [0.2, 0.25) is 0 Å². The number of aromatic nitrogens is 4. The van der Waals surface area contributed by atoms with Crippen LogP contribution < -0.4 is 5.32 Å². The lowest BCUT2D eigenvalue weighted by molar-refractivity contribution is -0.125. The number of nitrogens with one attached hydrogen (secondary N) is 1. The van der Waals surface area contributed by atoms with Crippen molar-refractivity contribution in [1.82, 2.24) is 30.0 Å². The molecule has 3 rings (SSSR count). The van der Waals surface area contributed by atoms with Crippen molar-refractivity contribution in [3.8, 4) is 0 Å². The monoisotopic (exact) mass is 314 g/mol. The van der Waals surface area contributed by atoms with Gasteiger partial charge in [0, 0.05) is 38.1 Å². The summed E-state index contributed by atoms with van der Waals surface area (Å²) in [6.07, 6.45) is 8.62. The molecule has 1 atom stereocenters. The molecule has 1 aliphatic rings. The number of hydrogen-bond donors (Lipinski definition) is 1. The van der Waals surface area contributed by atoms with Gasteiger partial charge in [0.25, 0.3) is 0 Å². The van der Waals surface area contributed by atoms with Crippen molar-refractivity contribution in [2.24, 2.45) is 0 Å². The molecule has 23 heavy (non-hydrogen) atoms. The third-order valence-corrected chi connectivity index (χ3v) is 4.30. The highest BCUT2D eigenvalue weighted by Gasteiger charge is 2.23. The highest BCUT2D eigenvalue weighted by Crippen LogP contribution is 2.14. The minimum absolute atomic E-state index is 0.00286. The van der Waals surface area contributed by atoms with E-state index in [1.165, 1.54) is 11.9 Å². The fraction of sp³-hybridized carbons (Fsp3) is 0.500. The largest absolute Gasteiger partial charge is 0.351 e. The Morgan fingerprint density at radius 3 is 2.70 bits per heavy atom. The quantitative estimate of drug-likeness (QED) is 0.891. The molecule has 0 saturated carbocycles. The molecule has 1 amide bonds. The lowest BCUT2D eigenvalue weighted by Gasteiger charge is -2.32. The third kappa shape index (κ3) is 4.13. The molecule has 1 fully saturated rings. The molecule has 0 aromatic carbocycles. The van der Waals surface area contributed by atoms with Crippen LogP contribution in [0.4, 0.5) is 0 Å². The van der Waals surface area contributed by atoms with Gasteiger partial charge in [0.15, 0.2) is 0 Å². The molecule has 122 valence electrons. The van der Waals surface area contributed by atoms with E-state index in [2.05, 4.69) is 25.3 Å². The number of piperidine rings is 1. The van der Waals surface area contributed by atoms with Crippen LogP contribution in [0, 0.1) is 0 Å². The van der Waals surface area contributed by atoms with E-state index in [9.17, 15) is 4.79 Å². The zero-order valence-corrected chi connectivity index (χ0v) is 13.3. The summed E-state index contributed by atoms with van der Waals surface area (Å²) in [6, 6.07) is 4.01. The average Bonchev–Trinajstić information content (AvgIpc) is 3.11. The van der Waals surface area contributed by atoms with E-state index in [-0.39, 0.29) is 18.0 Å². The first kappa shape index (κ1) is 15.6. The van der Waals surface area contributed by atoms with Gasteiger partial charge in [0.2, 0.25) is 5.91 Å². The van der Waals surface area contributed by atoms with Gasteiger partial charge >= 0.3 is 0 Å². The summed E-state index contributed by atoms with van der Waals surface area (Å²) in [5, 5.41) is 7.15. The summed E-state index contributed by atoms with van der Waals surface area (Å²) in [5.74, 6) is 0.00286. The summed E-state index contributed by atoms with van der Waals surface area (Å²) in [7, 11) is 0. The third-order valence-electron chi connectivity index (χ3n) is 4.30. The van der Waals surface area contributed by atoms with Crippen LogP contribution in [-0.2, 0) is 11.3 Å². The van der Waals surface area contributed by atoms with E-state index in [1.807, 2.05) is 31.5 Å². The minimum atomic E-state index is -0.327. The van der Waals surface area contributed by atoms with Gasteiger partial charge in [0.1, 0.15) is 18.7 Å². The van der Waals surface area contributed by atoms with E-state index >= 15 is 0 Å². The first-order valence-electron chi connectivity index (χ1n) is 7.98. The topological polar surface area (TPSA) is 75.9 Å². The Balaban J connectivity index is 1.45. The van der Waals surface area contributed by atoms with Gasteiger partial charge in [-0.05, 0) is 37.5 Å². The van der Waals surface area contributed by atoms with Crippen LogP contribution in [-0.4, -0.2) is 49.7 Å². The normalized spacial score (nSPS) is 17.8. The van der Waals surface area contributed by atoms with Crippen LogP contribution in [0.15, 0.2) is 37.2 Å². The van der Waals surface area contributed by atoms with Crippen molar-refractivity contribution < 1.29 is 4.79 Å². The predicted octanol–water partition coefficient (Wildman–Crippen LogP) is 1.01. The van der Waals surface area contributed by atoms with Gasteiger partial charge < -0.3 is 5.32 Å². The number of likely N-dealkylation sites (tertiary alicyclic amines) is 1. The molecule has 0 spiro atoms. The lowest BCUT2D eigenvalue weighted by atomic mass is 10.0. The van der Waals surface area contributed by atoms with Gasteiger partial charge in [0.05, 0.1) is 0 Å². The average molecular weight is 314 g/mol. The van der Waals surface area contributed by atoms with Gasteiger partial charge in [-0.2, -0.15) is 5.10 Å². The molecule has 0 aliphatic carbocycles. The van der Waals surface area contributed by atoms with Gasteiger partial charge in [-0.3, -0.25) is 14.7 Å².